The SMILES string of the molecule is CCn1cnnc1[C@H]1CCCN(c2ncnc3sc4c(c23)CCC4)C1. The third-order valence-corrected chi connectivity index (χ3v) is 6.75. The van der Waals surface area contributed by atoms with Crippen molar-refractivity contribution in [1.29, 1.82) is 0 Å². The smallest absolute Gasteiger partial charge is 0.141 e. The van der Waals surface area contributed by atoms with Gasteiger partial charge in [-0.25, -0.2) is 9.97 Å². The predicted molar refractivity (Wildman–Crippen MR) is 99.3 cm³/mol. The lowest BCUT2D eigenvalue weighted by molar-refractivity contribution is 0.471. The van der Waals surface area contributed by atoms with Gasteiger partial charge >= 0.3 is 0 Å². The molecule has 0 N–H and O–H groups in total. The maximum Gasteiger partial charge on any atom is 0.141 e. The second-order valence-corrected chi connectivity index (χ2v) is 8.08. The lowest BCUT2D eigenvalue weighted by Crippen LogP contribution is -2.36. The third kappa shape index (κ3) is 2.44. The number of aryl methyl sites for hydroxylation is 3. The number of fused-ring (bicyclic) bond motifs is 3. The van der Waals surface area contributed by atoms with Crippen molar-refractivity contribution in [2.45, 2.75) is 51.5 Å². The molecule has 0 bridgehead atoms. The van der Waals surface area contributed by atoms with Crippen LogP contribution in [0, 0.1) is 0 Å². The van der Waals surface area contributed by atoms with Gasteiger partial charge in [-0.2, -0.15) is 0 Å². The highest BCUT2D eigenvalue weighted by Crippen LogP contribution is 2.41. The van der Waals surface area contributed by atoms with Crippen molar-refractivity contribution in [2.75, 3.05) is 18.0 Å². The van der Waals surface area contributed by atoms with E-state index >= 15 is 0 Å². The Morgan fingerprint density at radius 2 is 2.20 bits per heavy atom. The summed E-state index contributed by atoms with van der Waals surface area (Å²) in [5, 5.41) is 9.85. The summed E-state index contributed by atoms with van der Waals surface area (Å²) in [6.07, 6.45) is 9.58. The highest BCUT2D eigenvalue weighted by Gasteiger charge is 2.29. The summed E-state index contributed by atoms with van der Waals surface area (Å²) in [5.41, 5.74) is 1.51. The number of hydrogen-bond donors (Lipinski definition) is 0. The van der Waals surface area contributed by atoms with Gasteiger partial charge in [-0.3, -0.25) is 0 Å². The van der Waals surface area contributed by atoms with E-state index in [4.69, 9.17) is 4.98 Å². The molecule has 0 radical (unpaired) electrons. The fourth-order valence-corrected chi connectivity index (χ4v) is 5.58. The first-order valence-corrected chi connectivity index (χ1v) is 10.0. The normalized spacial score (nSPS) is 20.4. The van der Waals surface area contributed by atoms with Gasteiger partial charge in [0.15, 0.2) is 0 Å². The first-order valence-electron chi connectivity index (χ1n) is 9.23. The molecule has 4 heterocycles. The molecule has 6 nitrogen and oxygen atoms in total. The Balaban J connectivity index is 1.52. The summed E-state index contributed by atoms with van der Waals surface area (Å²) in [7, 11) is 0. The van der Waals surface area contributed by atoms with E-state index in [1.807, 2.05) is 17.7 Å². The molecule has 0 spiro atoms. The van der Waals surface area contributed by atoms with Crippen LogP contribution in [0.4, 0.5) is 5.82 Å². The standard InChI is InChI=1S/C18H22N6S/c1-2-23-11-21-22-16(23)12-5-4-8-24(9-12)17-15-13-6-3-7-14(13)25-18(15)20-10-19-17/h10-12H,2-9H2,1H3/t12-/m0/s1. The van der Waals surface area contributed by atoms with Crippen molar-refractivity contribution in [3.05, 3.63) is 28.9 Å². The molecular weight excluding hydrogens is 332 g/mol. The minimum atomic E-state index is 0.424. The van der Waals surface area contributed by atoms with Gasteiger partial charge in [0.25, 0.3) is 0 Å². The van der Waals surface area contributed by atoms with Gasteiger partial charge in [0, 0.05) is 30.4 Å². The zero-order chi connectivity index (χ0) is 16.8. The quantitative estimate of drug-likeness (QED) is 0.723. The Bertz CT molecular complexity index is 914. The second-order valence-electron chi connectivity index (χ2n) is 7.00. The molecule has 1 aliphatic carbocycles. The van der Waals surface area contributed by atoms with Gasteiger partial charge in [-0.1, -0.05) is 0 Å². The van der Waals surface area contributed by atoms with Crippen LogP contribution in [-0.2, 0) is 19.4 Å². The second kappa shape index (κ2) is 6.05. The zero-order valence-corrected chi connectivity index (χ0v) is 15.3. The summed E-state index contributed by atoms with van der Waals surface area (Å²) in [5.74, 6) is 2.68. The molecule has 1 saturated heterocycles. The van der Waals surface area contributed by atoms with Crippen molar-refractivity contribution in [3.8, 4) is 0 Å². The van der Waals surface area contributed by atoms with Gasteiger partial charge in [-0.05, 0) is 44.6 Å². The summed E-state index contributed by atoms with van der Waals surface area (Å²) in [6, 6.07) is 0. The molecule has 0 aromatic carbocycles. The molecule has 2 aliphatic rings. The number of aromatic nitrogens is 5. The highest BCUT2D eigenvalue weighted by atomic mass is 32.1. The van der Waals surface area contributed by atoms with Crippen LogP contribution in [0.25, 0.3) is 10.2 Å². The maximum atomic E-state index is 4.72. The van der Waals surface area contributed by atoms with E-state index in [-0.39, 0.29) is 0 Å². The van der Waals surface area contributed by atoms with E-state index in [1.165, 1.54) is 47.9 Å². The molecule has 3 aromatic rings. The van der Waals surface area contributed by atoms with Crippen molar-refractivity contribution < 1.29 is 0 Å². The first kappa shape index (κ1) is 15.3. The molecule has 130 valence electrons. The number of rotatable bonds is 3. The molecular formula is C18H22N6S. The van der Waals surface area contributed by atoms with Gasteiger partial charge in [0.1, 0.15) is 29.1 Å². The minimum Gasteiger partial charge on any atom is -0.355 e. The summed E-state index contributed by atoms with van der Waals surface area (Å²) in [6.45, 7) is 5.10. The summed E-state index contributed by atoms with van der Waals surface area (Å²) in [4.78, 5) is 14.4. The fourth-order valence-electron chi connectivity index (χ4n) is 4.36. The van der Waals surface area contributed by atoms with Crippen LogP contribution in [0.3, 0.4) is 0 Å². The number of piperidine rings is 1. The van der Waals surface area contributed by atoms with E-state index in [0.29, 0.717) is 5.92 Å². The van der Waals surface area contributed by atoms with Crippen LogP contribution < -0.4 is 4.90 Å². The van der Waals surface area contributed by atoms with E-state index < -0.39 is 0 Å². The molecule has 0 unspecified atom stereocenters. The van der Waals surface area contributed by atoms with Crippen LogP contribution in [0.15, 0.2) is 12.7 Å². The van der Waals surface area contributed by atoms with Crippen molar-refractivity contribution in [1.82, 2.24) is 24.7 Å². The Hall–Kier alpha value is -2.02. The van der Waals surface area contributed by atoms with Crippen LogP contribution in [-0.4, -0.2) is 37.8 Å². The van der Waals surface area contributed by atoms with Crippen LogP contribution in [0.1, 0.15) is 48.4 Å². The number of nitrogens with zero attached hydrogens (tertiary/aromatic N) is 6. The monoisotopic (exact) mass is 354 g/mol. The topological polar surface area (TPSA) is 59.7 Å². The average Bonchev–Trinajstić information content (AvgIpc) is 3.36. The van der Waals surface area contributed by atoms with Crippen LogP contribution in [0.5, 0.6) is 0 Å². The number of anilines is 1. The zero-order valence-electron chi connectivity index (χ0n) is 14.5. The van der Waals surface area contributed by atoms with E-state index in [1.54, 1.807) is 6.33 Å². The van der Waals surface area contributed by atoms with Gasteiger partial charge in [-0.15, -0.1) is 21.5 Å². The van der Waals surface area contributed by atoms with Crippen LogP contribution in [0.2, 0.25) is 0 Å². The van der Waals surface area contributed by atoms with E-state index in [9.17, 15) is 0 Å². The molecule has 7 heteroatoms. The van der Waals surface area contributed by atoms with Gasteiger partial charge in [0.2, 0.25) is 0 Å². The lowest BCUT2D eigenvalue weighted by atomic mass is 9.96. The minimum absolute atomic E-state index is 0.424. The number of hydrogen-bond acceptors (Lipinski definition) is 6. The molecule has 0 saturated carbocycles. The molecule has 25 heavy (non-hydrogen) atoms. The Kier molecular flexibility index (Phi) is 3.69. The van der Waals surface area contributed by atoms with E-state index in [0.717, 1.165) is 36.1 Å². The molecule has 1 fully saturated rings. The van der Waals surface area contributed by atoms with Gasteiger partial charge in [0.05, 0.1) is 5.39 Å². The van der Waals surface area contributed by atoms with E-state index in [2.05, 4.69) is 31.6 Å². The Morgan fingerprint density at radius 1 is 1.24 bits per heavy atom. The Morgan fingerprint density at radius 3 is 3.12 bits per heavy atom. The van der Waals surface area contributed by atoms with Crippen molar-refractivity contribution in [2.24, 2.45) is 0 Å². The van der Waals surface area contributed by atoms with Crippen LogP contribution >= 0.6 is 11.3 Å². The predicted octanol–water partition coefficient (Wildman–Crippen LogP) is 3.18. The lowest BCUT2D eigenvalue weighted by Gasteiger charge is -2.33. The molecule has 0 amide bonds. The van der Waals surface area contributed by atoms with Crippen molar-refractivity contribution >= 4 is 27.4 Å². The van der Waals surface area contributed by atoms with Crippen molar-refractivity contribution in [3.63, 3.8) is 0 Å². The number of thiophene rings is 1. The Labute approximate surface area is 150 Å². The summed E-state index contributed by atoms with van der Waals surface area (Å²) < 4.78 is 2.17. The molecule has 1 aliphatic heterocycles. The van der Waals surface area contributed by atoms with Gasteiger partial charge < -0.3 is 9.47 Å². The average molecular weight is 354 g/mol. The highest BCUT2D eigenvalue weighted by molar-refractivity contribution is 7.19. The third-order valence-electron chi connectivity index (χ3n) is 5.55. The summed E-state index contributed by atoms with van der Waals surface area (Å²) >= 11 is 1.86. The largest absolute Gasteiger partial charge is 0.355 e. The fraction of sp³-hybridized carbons (Fsp3) is 0.556. The molecule has 1 atom stereocenters. The first-order chi connectivity index (χ1) is 12.3. The molecule has 3 aromatic heterocycles. The molecule has 5 rings (SSSR count). The maximum absolute atomic E-state index is 4.72.